The second-order valence-electron chi connectivity index (χ2n) is 6.09. The minimum Gasteiger partial charge on any atom is -0.273 e. The van der Waals surface area contributed by atoms with Crippen molar-refractivity contribution in [2.45, 2.75) is 12.2 Å². The lowest BCUT2D eigenvalue weighted by molar-refractivity contribution is -0.137. The van der Waals surface area contributed by atoms with E-state index < -0.39 is 23.8 Å². The van der Waals surface area contributed by atoms with Crippen molar-refractivity contribution in [3.05, 3.63) is 54.5 Å². The van der Waals surface area contributed by atoms with Crippen molar-refractivity contribution in [1.82, 2.24) is 15.2 Å². The third kappa shape index (κ3) is 2.87. The van der Waals surface area contributed by atoms with Crippen molar-refractivity contribution in [3.63, 3.8) is 0 Å². The van der Waals surface area contributed by atoms with Crippen LogP contribution in [-0.2, 0) is 6.18 Å². The number of fused-ring (bicyclic) bond motifs is 1. The number of pyridine rings is 1. The zero-order valence-corrected chi connectivity index (χ0v) is 14.1. The highest BCUT2D eigenvalue weighted by Gasteiger charge is 2.42. The normalized spacial score (nSPS) is 17.2. The summed E-state index contributed by atoms with van der Waals surface area (Å²) < 4.78 is 38.9. The molecule has 0 saturated carbocycles. The Morgan fingerprint density at radius 1 is 1.18 bits per heavy atom. The summed E-state index contributed by atoms with van der Waals surface area (Å²) in [6.07, 6.45) is -0.970. The number of nitrogens with zero attached hydrogens (tertiary/aromatic N) is 6. The highest BCUT2D eigenvalue weighted by atomic mass is 19.4. The van der Waals surface area contributed by atoms with Crippen LogP contribution in [0.3, 0.4) is 0 Å². The van der Waals surface area contributed by atoms with Gasteiger partial charge in [-0.2, -0.15) is 23.5 Å². The van der Waals surface area contributed by atoms with E-state index in [1.807, 2.05) is 18.2 Å². The molecule has 0 aliphatic carbocycles. The first-order valence-corrected chi connectivity index (χ1v) is 8.13. The van der Waals surface area contributed by atoms with E-state index in [1.54, 1.807) is 18.3 Å². The molecule has 28 heavy (non-hydrogen) atoms. The number of halogens is 3. The van der Waals surface area contributed by atoms with E-state index in [-0.39, 0.29) is 12.4 Å². The Hall–Kier alpha value is -3.74. The first-order valence-electron chi connectivity index (χ1n) is 8.13. The fourth-order valence-electron chi connectivity index (χ4n) is 3.09. The number of nitriles is 1. The van der Waals surface area contributed by atoms with E-state index in [1.165, 1.54) is 11.1 Å². The number of carbonyl (C=O) groups is 1. The predicted molar refractivity (Wildman–Crippen MR) is 93.4 cm³/mol. The van der Waals surface area contributed by atoms with Crippen molar-refractivity contribution >= 4 is 28.3 Å². The Balaban J connectivity index is 1.78. The molecule has 3 aromatic rings. The highest BCUT2D eigenvalue weighted by molar-refractivity contribution is 6.11. The zero-order valence-electron chi connectivity index (χ0n) is 14.1. The summed E-state index contributed by atoms with van der Waals surface area (Å²) in [5.74, 6) is -0.268. The van der Waals surface area contributed by atoms with Gasteiger partial charge in [0.05, 0.1) is 36.3 Å². The maximum atomic E-state index is 13.0. The molecule has 1 aliphatic rings. The smallest absolute Gasteiger partial charge is 0.273 e. The fourth-order valence-corrected chi connectivity index (χ4v) is 3.09. The van der Waals surface area contributed by atoms with Crippen LogP contribution in [0.4, 0.5) is 29.5 Å². The molecule has 7 nitrogen and oxygen atoms in total. The topological polar surface area (TPSA) is 86.0 Å². The molecule has 1 aliphatic heterocycles. The number of carbonyl (C=O) groups excluding carboxylic acids is 1. The maximum absolute atomic E-state index is 13.0. The Morgan fingerprint density at radius 3 is 2.71 bits per heavy atom. The summed E-state index contributed by atoms with van der Waals surface area (Å²) >= 11 is 0. The number of aromatic nitrogens is 3. The molecule has 140 valence electrons. The van der Waals surface area contributed by atoms with E-state index in [9.17, 15) is 23.2 Å². The molecule has 10 heteroatoms. The second-order valence-corrected chi connectivity index (χ2v) is 6.09. The second kappa shape index (κ2) is 6.45. The largest absolute Gasteiger partial charge is 0.418 e. The van der Waals surface area contributed by atoms with Crippen LogP contribution in [-0.4, -0.2) is 33.8 Å². The zero-order chi connectivity index (χ0) is 19.9. The lowest BCUT2D eigenvalue weighted by atomic mass is 10.1. The maximum Gasteiger partial charge on any atom is 0.418 e. The van der Waals surface area contributed by atoms with Gasteiger partial charge in [0.15, 0.2) is 5.82 Å². The minimum atomic E-state index is -4.62. The Labute approximate surface area is 156 Å². The number of rotatable bonds is 2. The summed E-state index contributed by atoms with van der Waals surface area (Å²) in [6, 6.07) is 8.35. The van der Waals surface area contributed by atoms with Gasteiger partial charge in [-0.15, -0.1) is 5.10 Å². The van der Waals surface area contributed by atoms with Gasteiger partial charge < -0.3 is 0 Å². The van der Waals surface area contributed by atoms with Crippen LogP contribution in [0.1, 0.15) is 5.56 Å². The minimum absolute atomic E-state index is 0.144. The van der Waals surface area contributed by atoms with Crippen molar-refractivity contribution in [2.75, 3.05) is 16.3 Å². The van der Waals surface area contributed by atoms with Gasteiger partial charge in [0.2, 0.25) is 0 Å². The summed E-state index contributed by atoms with van der Waals surface area (Å²) in [5, 5.41) is 18.0. The summed E-state index contributed by atoms with van der Waals surface area (Å²) in [4.78, 5) is 19.3. The number of benzene rings is 1. The Morgan fingerprint density at radius 2 is 1.96 bits per heavy atom. The lowest BCUT2D eigenvalue weighted by Gasteiger charge is -2.20. The molecule has 0 unspecified atom stereocenters. The molecule has 1 atom stereocenters. The van der Waals surface area contributed by atoms with Crippen LogP contribution in [0.25, 0.3) is 10.8 Å². The van der Waals surface area contributed by atoms with E-state index in [0.29, 0.717) is 17.3 Å². The van der Waals surface area contributed by atoms with Crippen LogP contribution in [0, 0.1) is 11.3 Å². The highest BCUT2D eigenvalue weighted by Crippen LogP contribution is 2.34. The van der Waals surface area contributed by atoms with Crippen LogP contribution in [0.5, 0.6) is 0 Å². The first kappa shape index (κ1) is 17.7. The number of urea groups is 1. The van der Waals surface area contributed by atoms with Gasteiger partial charge in [-0.05, 0) is 6.07 Å². The summed E-state index contributed by atoms with van der Waals surface area (Å²) in [7, 11) is 0. The van der Waals surface area contributed by atoms with Gasteiger partial charge in [-0.1, -0.05) is 24.3 Å². The number of hydrogen-bond acceptors (Lipinski definition) is 5. The van der Waals surface area contributed by atoms with Crippen LogP contribution in [0.2, 0.25) is 0 Å². The van der Waals surface area contributed by atoms with E-state index in [4.69, 9.17) is 0 Å². The standard InChI is InChI=1S/C18H11F3N6O/c19-18(20,21)12-5-16(25-24-8-12)26-10-13(6-22)27(17(26)28)15-9-23-7-11-3-1-2-4-14(11)15/h1-5,7-9,13H,10H2/t13-/m1/s1. The molecule has 1 saturated heterocycles. The Kier molecular flexibility index (Phi) is 4.07. The van der Waals surface area contributed by atoms with Gasteiger partial charge in [0.25, 0.3) is 0 Å². The van der Waals surface area contributed by atoms with Gasteiger partial charge in [0, 0.05) is 17.0 Å². The molecule has 3 heterocycles. The Bertz CT molecular complexity index is 1100. The molecule has 0 radical (unpaired) electrons. The lowest BCUT2D eigenvalue weighted by Crippen LogP contribution is -2.35. The third-order valence-electron chi connectivity index (χ3n) is 4.41. The van der Waals surface area contributed by atoms with Gasteiger partial charge in [-0.3, -0.25) is 14.8 Å². The molecule has 0 N–H and O–H groups in total. The van der Waals surface area contributed by atoms with E-state index >= 15 is 0 Å². The molecule has 2 aromatic heterocycles. The molecule has 1 fully saturated rings. The first-order chi connectivity index (χ1) is 13.4. The number of anilines is 2. The van der Waals surface area contributed by atoms with Crippen molar-refractivity contribution in [1.29, 1.82) is 5.26 Å². The van der Waals surface area contributed by atoms with Gasteiger partial charge in [0.1, 0.15) is 6.04 Å². The predicted octanol–water partition coefficient (Wildman–Crippen LogP) is 3.38. The molecular formula is C18H11F3N6O. The van der Waals surface area contributed by atoms with Crippen molar-refractivity contribution < 1.29 is 18.0 Å². The van der Waals surface area contributed by atoms with E-state index in [0.717, 1.165) is 16.4 Å². The van der Waals surface area contributed by atoms with E-state index in [2.05, 4.69) is 15.2 Å². The molecule has 0 bridgehead atoms. The van der Waals surface area contributed by atoms with Crippen LogP contribution < -0.4 is 9.80 Å². The quantitative estimate of drug-likeness (QED) is 0.676. The molecule has 4 rings (SSSR count). The molecule has 0 spiro atoms. The van der Waals surface area contributed by atoms with Crippen LogP contribution >= 0.6 is 0 Å². The van der Waals surface area contributed by atoms with Crippen molar-refractivity contribution in [3.8, 4) is 6.07 Å². The average Bonchev–Trinajstić information content (AvgIpc) is 3.03. The number of amides is 2. The van der Waals surface area contributed by atoms with Crippen molar-refractivity contribution in [2.24, 2.45) is 0 Å². The molecular weight excluding hydrogens is 373 g/mol. The summed E-state index contributed by atoms with van der Waals surface area (Å²) in [5.41, 5.74) is -0.624. The van der Waals surface area contributed by atoms with Crippen LogP contribution in [0.15, 0.2) is 48.9 Å². The summed E-state index contributed by atoms with van der Waals surface area (Å²) in [6.45, 7) is -0.144. The third-order valence-corrected chi connectivity index (χ3v) is 4.41. The van der Waals surface area contributed by atoms with Gasteiger partial charge >= 0.3 is 12.2 Å². The molecule has 1 aromatic carbocycles. The fraction of sp³-hybridized carbons (Fsp3) is 0.167. The monoisotopic (exact) mass is 384 g/mol. The number of alkyl halides is 3. The number of hydrogen-bond donors (Lipinski definition) is 0. The average molecular weight is 384 g/mol. The SMILES string of the molecule is N#C[C@@H]1CN(c2cc(C(F)(F)F)cnn2)C(=O)N1c1cncc2ccccc12. The molecule has 2 amide bonds. The van der Waals surface area contributed by atoms with Gasteiger partial charge in [-0.25, -0.2) is 4.79 Å².